The van der Waals surface area contributed by atoms with Gasteiger partial charge in [-0.2, -0.15) is 4.31 Å². The lowest BCUT2D eigenvalue weighted by molar-refractivity contribution is 0.0954. The van der Waals surface area contributed by atoms with Crippen LogP contribution in [0.15, 0.2) is 23.1 Å². The number of likely N-dealkylation sites (N-methyl/N-ethyl adjacent to an activating group) is 1. The van der Waals surface area contributed by atoms with Gasteiger partial charge in [0.25, 0.3) is 5.91 Å². The predicted octanol–water partition coefficient (Wildman–Crippen LogP) is 1.83. The van der Waals surface area contributed by atoms with E-state index in [1.165, 1.54) is 0 Å². The maximum atomic E-state index is 13.0. The Morgan fingerprint density at radius 3 is 2.29 bits per heavy atom. The largest absolute Gasteiger partial charge is 0.371 e. The van der Waals surface area contributed by atoms with E-state index in [4.69, 9.17) is 0 Å². The van der Waals surface area contributed by atoms with Gasteiger partial charge >= 0.3 is 0 Å². The van der Waals surface area contributed by atoms with Gasteiger partial charge in [0.05, 0.1) is 10.5 Å². The molecule has 0 bridgehead atoms. The Balaban J connectivity index is 0.00000280. The number of sulfonamides is 1. The highest BCUT2D eigenvalue weighted by Crippen LogP contribution is 2.29. The molecule has 2 fully saturated rings. The maximum absolute atomic E-state index is 13.0. The fraction of sp³-hybridized carbons (Fsp3) is 0.632. The Kier molecular flexibility index (Phi) is 8.55. The third-order valence-electron chi connectivity index (χ3n) is 5.27. The summed E-state index contributed by atoms with van der Waals surface area (Å²) in [6.45, 7) is 4.07. The van der Waals surface area contributed by atoms with Crippen LogP contribution in [0.4, 0.5) is 5.69 Å². The van der Waals surface area contributed by atoms with Crippen LogP contribution in [0.1, 0.15) is 42.5 Å². The molecule has 0 unspecified atom stereocenters. The molecule has 7 nitrogen and oxygen atoms in total. The molecule has 2 heterocycles. The maximum Gasteiger partial charge on any atom is 0.253 e. The Labute approximate surface area is 174 Å². The number of hydrogen-bond acceptors (Lipinski definition) is 5. The average Bonchev–Trinajstić information content (AvgIpc) is 3.23. The highest BCUT2D eigenvalue weighted by molar-refractivity contribution is 7.89. The van der Waals surface area contributed by atoms with Gasteiger partial charge in [-0.25, -0.2) is 8.42 Å². The summed E-state index contributed by atoms with van der Waals surface area (Å²) in [5.41, 5.74) is 1.28. The van der Waals surface area contributed by atoms with Crippen LogP contribution >= 0.6 is 12.4 Å². The number of nitrogens with zero attached hydrogens (tertiary/aromatic N) is 2. The summed E-state index contributed by atoms with van der Waals surface area (Å²) in [5.74, 6) is -0.220. The van der Waals surface area contributed by atoms with Crippen LogP contribution in [-0.4, -0.2) is 64.9 Å². The Bertz CT molecular complexity index is 760. The summed E-state index contributed by atoms with van der Waals surface area (Å²) in [5, 5.41) is 5.88. The smallest absolute Gasteiger partial charge is 0.253 e. The fourth-order valence-electron chi connectivity index (χ4n) is 3.74. The minimum Gasteiger partial charge on any atom is -0.371 e. The quantitative estimate of drug-likeness (QED) is 0.645. The van der Waals surface area contributed by atoms with Crippen molar-refractivity contribution >= 4 is 34.0 Å². The Hall–Kier alpha value is -1.35. The van der Waals surface area contributed by atoms with E-state index in [-0.39, 0.29) is 23.2 Å². The van der Waals surface area contributed by atoms with Gasteiger partial charge in [-0.15, -0.1) is 12.4 Å². The van der Waals surface area contributed by atoms with Crippen molar-refractivity contribution in [1.82, 2.24) is 14.9 Å². The summed E-state index contributed by atoms with van der Waals surface area (Å²) in [6, 6.07) is 5.02. The van der Waals surface area contributed by atoms with Crippen molar-refractivity contribution in [2.45, 2.75) is 37.0 Å². The van der Waals surface area contributed by atoms with Gasteiger partial charge in [-0.05, 0) is 50.9 Å². The molecule has 0 spiro atoms. The highest BCUT2D eigenvalue weighted by atomic mass is 35.5. The van der Waals surface area contributed by atoms with Crippen molar-refractivity contribution in [1.29, 1.82) is 0 Å². The van der Waals surface area contributed by atoms with E-state index in [1.807, 2.05) is 7.05 Å². The van der Waals surface area contributed by atoms with E-state index in [0.29, 0.717) is 31.7 Å². The van der Waals surface area contributed by atoms with Crippen LogP contribution in [0.2, 0.25) is 0 Å². The molecule has 9 heteroatoms. The van der Waals surface area contributed by atoms with Crippen molar-refractivity contribution in [3.63, 3.8) is 0 Å². The van der Waals surface area contributed by atoms with Crippen LogP contribution in [-0.2, 0) is 10.0 Å². The lowest BCUT2D eigenvalue weighted by Gasteiger charge is -2.27. The molecule has 0 aliphatic carbocycles. The molecule has 0 aromatic heterocycles. The third-order valence-corrected chi connectivity index (χ3v) is 7.17. The van der Waals surface area contributed by atoms with Crippen molar-refractivity contribution < 1.29 is 13.2 Å². The van der Waals surface area contributed by atoms with Crippen LogP contribution in [0, 0.1) is 0 Å². The molecule has 2 N–H and O–H groups in total. The van der Waals surface area contributed by atoms with Gasteiger partial charge in [0, 0.05) is 45.0 Å². The van der Waals surface area contributed by atoms with Crippen molar-refractivity contribution in [2.75, 3.05) is 51.2 Å². The van der Waals surface area contributed by atoms with E-state index >= 15 is 0 Å². The fourth-order valence-corrected chi connectivity index (χ4v) is 5.29. The van der Waals surface area contributed by atoms with Crippen molar-refractivity contribution in [3.8, 4) is 0 Å². The SMILES string of the molecule is CNCCNC(=O)c1cc(S(=O)(=O)N2CCCCC2)ccc1N1CCCC1.Cl. The molecule has 28 heavy (non-hydrogen) atoms. The number of carbonyl (C=O) groups is 1. The number of anilines is 1. The average molecular weight is 431 g/mol. The van der Waals surface area contributed by atoms with Crippen molar-refractivity contribution in [2.24, 2.45) is 0 Å². The third kappa shape index (κ3) is 5.17. The highest BCUT2D eigenvalue weighted by Gasteiger charge is 2.28. The molecular formula is C19H31ClN4O3S. The van der Waals surface area contributed by atoms with E-state index in [1.54, 1.807) is 22.5 Å². The number of rotatable bonds is 7. The minimum absolute atomic E-state index is 0. The van der Waals surface area contributed by atoms with Gasteiger partial charge in [-0.1, -0.05) is 6.42 Å². The van der Waals surface area contributed by atoms with Crippen LogP contribution < -0.4 is 15.5 Å². The molecule has 2 saturated heterocycles. The lowest BCUT2D eigenvalue weighted by Crippen LogP contribution is -2.36. The predicted molar refractivity (Wildman–Crippen MR) is 114 cm³/mol. The second kappa shape index (κ2) is 10.4. The molecular weight excluding hydrogens is 400 g/mol. The standard InChI is InChI=1S/C19H30N4O3S.ClH/c1-20-9-10-21-19(24)17-15-16(7-8-18(17)22-11-5-6-12-22)27(25,26)23-13-3-2-4-14-23;/h7-8,15,20H,2-6,9-14H2,1H3,(H,21,24);1H. The Morgan fingerprint density at radius 2 is 1.64 bits per heavy atom. The molecule has 0 radical (unpaired) electrons. The number of nitrogens with one attached hydrogen (secondary N) is 2. The molecule has 0 atom stereocenters. The number of piperidine rings is 1. The van der Waals surface area contributed by atoms with E-state index in [2.05, 4.69) is 15.5 Å². The number of carbonyl (C=O) groups excluding carboxylic acids is 1. The number of halogens is 1. The van der Waals surface area contributed by atoms with Crippen LogP contribution in [0.25, 0.3) is 0 Å². The van der Waals surface area contributed by atoms with Crippen LogP contribution in [0.5, 0.6) is 0 Å². The van der Waals surface area contributed by atoms with Crippen LogP contribution in [0.3, 0.4) is 0 Å². The summed E-state index contributed by atoms with van der Waals surface area (Å²) in [6.07, 6.45) is 5.03. The van der Waals surface area contributed by atoms with E-state index < -0.39 is 10.0 Å². The molecule has 2 aliphatic heterocycles. The normalized spacial score (nSPS) is 18.0. The van der Waals surface area contributed by atoms with Gasteiger partial charge in [0.15, 0.2) is 0 Å². The zero-order valence-electron chi connectivity index (χ0n) is 16.4. The minimum atomic E-state index is -3.56. The Morgan fingerprint density at radius 1 is 1.00 bits per heavy atom. The van der Waals surface area contributed by atoms with Gasteiger partial charge < -0.3 is 15.5 Å². The number of hydrogen-bond donors (Lipinski definition) is 2. The molecule has 1 aromatic carbocycles. The summed E-state index contributed by atoms with van der Waals surface area (Å²) in [4.78, 5) is 15.2. The second-order valence-electron chi connectivity index (χ2n) is 7.20. The molecule has 0 saturated carbocycles. The summed E-state index contributed by atoms with van der Waals surface area (Å²) >= 11 is 0. The second-order valence-corrected chi connectivity index (χ2v) is 9.14. The molecule has 1 aromatic rings. The number of benzene rings is 1. The molecule has 3 rings (SSSR count). The van der Waals surface area contributed by atoms with Gasteiger partial charge in [0.2, 0.25) is 10.0 Å². The zero-order valence-corrected chi connectivity index (χ0v) is 18.1. The first-order valence-electron chi connectivity index (χ1n) is 9.86. The van der Waals surface area contributed by atoms with Crippen molar-refractivity contribution in [3.05, 3.63) is 23.8 Å². The van der Waals surface area contributed by atoms with E-state index in [0.717, 1.165) is 50.9 Å². The number of amides is 1. The topological polar surface area (TPSA) is 81.7 Å². The monoisotopic (exact) mass is 430 g/mol. The summed E-state index contributed by atoms with van der Waals surface area (Å²) < 4.78 is 27.6. The molecule has 2 aliphatic rings. The lowest BCUT2D eigenvalue weighted by atomic mass is 10.1. The first-order chi connectivity index (χ1) is 13.0. The summed E-state index contributed by atoms with van der Waals surface area (Å²) in [7, 11) is -1.73. The first kappa shape index (κ1) is 22.9. The van der Waals surface area contributed by atoms with E-state index in [9.17, 15) is 13.2 Å². The zero-order chi connectivity index (χ0) is 19.3. The molecule has 1 amide bonds. The first-order valence-corrected chi connectivity index (χ1v) is 11.3. The van der Waals surface area contributed by atoms with Gasteiger partial charge in [-0.3, -0.25) is 4.79 Å². The van der Waals surface area contributed by atoms with Gasteiger partial charge in [0.1, 0.15) is 0 Å². The molecule has 158 valence electrons.